The Hall–Kier alpha value is -2.97. The molecule has 3 aromatic rings. The van der Waals surface area contributed by atoms with E-state index in [0.717, 1.165) is 11.1 Å². The van der Waals surface area contributed by atoms with Crippen LogP contribution in [0.25, 0.3) is 0 Å². The van der Waals surface area contributed by atoms with Crippen molar-refractivity contribution in [2.45, 2.75) is 70.6 Å². The van der Waals surface area contributed by atoms with Gasteiger partial charge in [0, 0.05) is 28.3 Å². The number of halogens is 2. The van der Waals surface area contributed by atoms with Crippen LogP contribution in [0.15, 0.2) is 48.5 Å². The lowest BCUT2D eigenvalue weighted by Gasteiger charge is -2.47. The molecule has 1 aromatic heterocycles. The van der Waals surface area contributed by atoms with E-state index in [2.05, 4.69) is 20.6 Å². The van der Waals surface area contributed by atoms with E-state index in [0.29, 0.717) is 35.1 Å². The molecule has 0 bridgehead atoms. The SMILES string of the molecule is CC[C@@H](C(=O)OC(C)(C)C)N1C(=O)[C@@H](Cc2nn[nH]n2)C[C@H](c2cccc(Cl)c2)[C@H]1c1ccc(Cl)cc1. The Balaban J connectivity index is 1.86. The van der Waals surface area contributed by atoms with Gasteiger partial charge in [0.05, 0.1) is 6.04 Å². The van der Waals surface area contributed by atoms with Gasteiger partial charge >= 0.3 is 5.97 Å². The topological polar surface area (TPSA) is 101 Å². The lowest BCUT2D eigenvalue weighted by Crippen LogP contribution is -2.55. The second-order valence-electron chi connectivity index (χ2n) is 10.3. The molecule has 0 radical (unpaired) electrons. The van der Waals surface area contributed by atoms with Crippen LogP contribution in [-0.4, -0.2) is 49.0 Å². The number of piperidine rings is 1. The molecule has 0 saturated carbocycles. The Morgan fingerprint density at radius 3 is 2.46 bits per heavy atom. The van der Waals surface area contributed by atoms with Gasteiger partial charge in [0.2, 0.25) is 5.91 Å². The molecular weight excluding hydrogens is 513 g/mol. The van der Waals surface area contributed by atoms with E-state index in [1.807, 2.05) is 64.1 Å². The van der Waals surface area contributed by atoms with E-state index in [4.69, 9.17) is 27.9 Å². The molecule has 2 heterocycles. The fraction of sp³-hybridized carbons (Fsp3) is 0.444. The predicted octanol–water partition coefficient (Wildman–Crippen LogP) is 5.54. The zero-order valence-corrected chi connectivity index (χ0v) is 22.8. The minimum absolute atomic E-state index is 0.152. The summed E-state index contributed by atoms with van der Waals surface area (Å²) in [6.07, 6.45) is 1.20. The van der Waals surface area contributed by atoms with E-state index < -0.39 is 29.6 Å². The third-order valence-electron chi connectivity index (χ3n) is 6.53. The number of benzene rings is 2. The average molecular weight is 544 g/mol. The standard InChI is InChI=1S/C27H31Cl2N5O3/c1-5-22(26(36)37-27(2,3)4)34-24(16-9-11-19(28)12-10-16)21(17-7-6-8-20(29)13-17)14-18(25(34)35)15-23-30-32-33-31-23/h6-13,18,21-22,24H,5,14-15H2,1-4H3,(H,30,31,32,33)/t18-,21-,22+,24-/m1/s1. The average Bonchev–Trinajstić information content (AvgIpc) is 3.34. The molecule has 0 spiro atoms. The number of carbonyl (C=O) groups is 2. The van der Waals surface area contributed by atoms with Gasteiger partial charge in [-0.1, -0.05) is 59.6 Å². The van der Waals surface area contributed by atoms with Crippen molar-refractivity contribution in [3.63, 3.8) is 0 Å². The summed E-state index contributed by atoms with van der Waals surface area (Å²) in [6.45, 7) is 7.35. The van der Waals surface area contributed by atoms with Crippen LogP contribution in [0.3, 0.4) is 0 Å². The highest BCUT2D eigenvalue weighted by molar-refractivity contribution is 6.30. The quantitative estimate of drug-likeness (QED) is 0.392. The van der Waals surface area contributed by atoms with E-state index in [9.17, 15) is 9.59 Å². The first-order valence-corrected chi connectivity index (χ1v) is 13.1. The molecule has 37 heavy (non-hydrogen) atoms. The van der Waals surface area contributed by atoms with Crippen molar-refractivity contribution in [1.29, 1.82) is 0 Å². The van der Waals surface area contributed by atoms with Crippen LogP contribution in [0.1, 0.15) is 69.4 Å². The van der Waals surface area contributed by atoms with Crippen LogP contribution >= 0.6 is 23.2 Å². The molecule has 0 unspecified atom stereocenters. The third-order valence-corrected chi connectivity index (χ3v) is 7.02. The lowest BCUT2D eigenvalue weighted by molar-refractivity contribution is -0.170. The number of hydrogen-bond acceptors (Lipinski definition) is 6. The number of likely N-dealkylation sites (tertiary alicyclic amines) is 1. The second-order valence-corrected chi connectivity index (χ2v) is 11.2. The molecule has 2 aromatic carbocycles. The smallest absolute Gasteiger partial charge is 0.329 e. The first-order valence-electron chi connectivity index (χ1n) is 12.4. The number of ether oxygens (including phenoxy) is 1. The monoisotopic (exact) mass is 543 g/mol. The number of amides is 1. The summed E-state index contributed by atoms with van der Waals surface area (Å²) in [7, 11) is 0. The van der Waals surface area contributed by atoms with Gasteiger partial charge in [0.1, 0.15) is 11.6 Å². The molecule has 1 amide bonds. The van der Waals surface area contributed by atoms with E-state index in [1.54, 1.807) is 17.0 Å². The van der Waals surface area contributed by atoms with Gasteiger partial charge in [-0.15, -0.1) is 10.2 Å². The summed E-state index contributed by atoms with van der Waals surface area (Å²) in [6, 6.07) is 13.8. The second kappa shape index (κ2) is 11.2. The number of hydrogen-bond donors (Lipinski definition) is 1. The largest absolute Gasteiger partial charge is 0.458 e. The summed E-state index contributed by atoms with van der Waals surface area (Å²) in [5.74, 6) is -0.779. The summed E-state index contributed by atoms with van der Waals surface area (Å²) >= 11 is 12.6. The molecular formula is C27H31Cl2N5O3. The highest BCUT2D eigenvalue weighted by Gasteiger charge is 2.48. The van der Waals surface area contributed by atoms with Crippen molar-refractivity contribution in [3.8, 4) is 0 Å². The van der Waals surface area contributed by atoms with Crippen LogP contribution in [-0.2, 0) is 20.7 Å². The van der Waals surface area contributed by atoms with E-state index in [1.165, 1.54) is 0 Å². The highest BCUT2D eigenvalue weighted by atomic mass is 35.5. The van der Waals surface area contributed by atoms with Crippen molar-refractivity contribution < 1.29 is 14.3 Å². The zero-order chi connectivity index (χ0) is 26.7. The van der Waals surface area contributed by atoms with Gasteiger partial charge in [-0.2, -0.15) is 5.21 Å². The summed E-state index contributed by atoms with van der Waals surface area (Å²) in [5.41, 5.74) is 1.15. The third kappa shape index (κ3) is 6.30. The summed E-state index contributed by atoms with van der Waals surface area (Å²) < 4.78 is 5.78. The Labute approximate surface area is 226 Å². The Bertz CT molecular complexity index is 1230. The molecule has 8 nitrogen and oxygen atoms in total. The maximum Gasteiger partial charge on any atom is 0.329 e. The highest BCUT2D eigenvalue weighted by Crippen LogP contribution is 2.47. The number of nitrogens with one attached hydrogen (secondary N) is 1. The molecule has 1 saturated heterocycles. The van der Waals surface area contributed by atoms with Crippen molar-refractivity contribution in [1.82, 2.24) is 25.5 Å². The first kappa shape index (κ1) is 27.1. The number of nitrogens with zero attached hydrogens (tertiary/aromatic N) is 4. The molecule has 1 aliphatic rings. The fourth-order valence-corrected chi connectivity index (χ4v) is 5.37. The minimum Gasteiger partial charge on any atom is -0.458 e. The van der Waals surface area contributed by atoms with Gasteiger partial charge in [0.15, 0.2) is 5.82 Å². The van der Waals surface area contributed by atoms with Crippen molar-refractivity contribution in [2.24, 2.45) is 5.92 Å². The maximum atomic E-state index is 14.2. The van der Waals surface area contributed by atoms with Crippen LogP contribution in [0.2, 0.25) is 10.0 Å². The van der Waals surface area contributed by atoms with Crippen LogP contribution in [0.4, 0.5) is 0 Å². The molecule has 1 fully saturated rings. The van der Waals surface area contributed by atoms with Gasteiger partial charge < -0.3 is 9.64 Å². The number of aromatic nitrogens is 4. The minimum atomic E-state index is -0.790. The lowest BCUT2D eigenvalue weighted by atomic mass is 9.74. The molecule has 0 aliphatic carbocycles. The van der Waals surface area contributed by atoms with Gasteiger partial charge in [-0.25, -0.2) is 4.79 Å². The van der Waals surface area contributed by atoms with E-state index in [-0.39, 0.29) is 11.8 Å². The van der Waals surface area contributed by atoms with Crippen LogP contribution in [0.5, 0.6) is 0 Å². The fourth-order valence-electron chi connectivity index (χ4n) is 5.04. The Morgan fingerprint density at radius 1 is 1.14 bits per heavy atom. The summed E-state index contributed by atoms with van der Waals surface area (Å²) in [5, 5.41) is 15.4. The predicted molar refractivity (Wildman–Crippen MR) is 141 cm³/mol. The van der Waals surface area contributed by atoms with Crippen molar-refractivity contribution in [3.05, 3.63) is 75.5 Å². The number of rotatable bonds is 7. The number of aromatic amines is 1. The van der Waals surface area contributed by atoms with Gasteiger partial charge in [0.25, 0.3) is 0 Å². The van der Waals surface area contributed by atoms with Crippen LogP contribution in [0, 0.1) is 5.92 Å². The van der Waals surface area contributed by atoms with Gasteiger partial charge in [-0.05, 0) is 69.0 Å². The molecule has 1 aliphatic heterocycles. The number of tetrazole rings is 1. The Kier molecular flexibility index (Phi) is 8.19. The number of carbonyl (C=O) groups excluding carboxylic acids is 2. The normalized spacial score (nSPS) is 21.1. The molecule has 10 heteroatoms. The number of esters is 1. The molecule has 1 N–H and O–H groups in total. The zero-order valence-electron chi connectivity index (χ0n) is 21.3. The molecule has 4 rings (SSSR count). The molecule has 4 atom stereocenters. The summed E-state index contributed by atoms with van der Waals surface area (Å²) in [4.78, 5) is 29.4. The van der Waals surface area contributed by atoms with Crippen LogP contribution < -0.4 is 0 Å². The van der Waals surface area contributed by atoms with E-state index >= 15 is 0 Å². The molecule has 196 valence electrons. The first-order chi connectivity index (χ1) is 17.6. The van der Waals surface area contributed by atoms with Crippen molar-refractivity contribution >= 4 is 35.1 Å². The van der Waals surface area contributed by atoms with Crippen molar-refractivity contribution in [2.75, 3.05) is 0 Å². The number of H-pyrrole nitrogens is 1. The van der Waals surface area contributed by atoms with Gasteiger partial charge in [-0.3, -0.25) is 4.79 Å². The maximum absolute atomic E-state index is 14.2. The Morgan fingerprint density at radius 2 is 1.86 bits per heavy atom.